The lowest BCUT2D eigenvalue weighted by molar-refractivity contribution is -0.133. The van der Waals surface area contributed by atoms with Crippen molar-refractivity contribution in [1.29, 1.82) is 0 Å². The molecular weight excluding hydrogens is 494 g/mol. The van der Waals surface area contributed by atoms with E-state index in [9.17, 15) is 9.59 Å². The van der Waals surface area contributed by atoms with Crippen molar-refractivity contribution in [1.82, 2.24) is 20.1 Å². The lowest BCUT2D eigenvalue weighted by atomic mass is 10.1. The lowest BCUT2D eigenvalue weighted by Crippen LogP contribution is -2.32. The van der Waals surface area contributed by atoms with Gasteiger partial charge >= 0.3 is 0 Å². The highest BCUT2D eigenvalue weighted by Gasteiger charge is 2.32. The number of likely N-dealkylation sites (N-methyl/N-ethyl adjacent to an activating group) is 1. The van der Waals surface area contributed by atoms with Crippen LogP contribution in [-0.4, -0.2) is 51.1 Å². The van der Waals surface area contributed by atoms with Crippen molar-refractivity contribution in [2.45, 2.75) is 33.3 Å². The monoisotopic (exact) mass is 519 g/mol. The Morgan fingerprint density at radius 3 is 2.57 bits per heavy atom. The van der Waals surface area contributed by atoms with Gasteiger partial charge in [0.2, 0.25) is 11.8 Å². The summed E-state index contributed by atoms with van der Waals surface area (Å²) >= 11 is 1.38. The highest BCUT2D eigenvalue weighted by Crippen LogP contribution is 2.31. The number of ether oxygens (including phenoxy) is 2. The molecule has 0 bridgehead atoms. The van der Waals surface area contributed by atoms with Crippen LogP contribution in [0, 0.1) is 13.8 Å². The predicted octanol–water partition coefficient (Wildman–Crippen LogP) is 4.85. The van der Waals surface area contributed by atoms with Gasteiger partial charge in [0, 0.05) is 54.7 Å². The molecule has 1 aliphatic rings. The Labute approximate surface area is 217 Å². The van der Waals surface area contributed by atoms with Crippen LogP contribution >= 0.6 is 11.3 Å². The van der Waals surface area contributed by atoms with Crippen molar-refractivity contribution < 1.29 is 23.5 Å². The summed E-state index contributed by atoms with van der Waals surface area (Å²) in [6.45, 7) is 6.84. The Kier molecular flexibility index (Phi) is 6.87. The number of carbonyl (C=O) groups is 2. The fourth-order valence-electron chi connectivity index (χ4n) is 3.92. The van der Waals surface area contributed by atoms with Gasteiger partial charge in [0.25, 0.3) is 11.8 Å². The smallest absolute Gasteiger partial charge is 0.263 e. The molecule has 2 aromatic carbocycles. The zero-order valence-corrected chi connectivity index (χ0v) is 21.4. The molecule has 10 nitrogen and oxygen atoms in total. The minimum Gasteiger partial charge on any atom is -0.480 e. The maximum atomic E-state index is 13.0. The van der Waals surface area contributed by atoms with E-state index in [1.807, 2.05) is 13.8 Å². The second kappa shape index (κ2) is 10.4. The molecule has 5 rings (SSSR count). The predicted molar refractivity (Wildman–Crippen MR) is 137 cm³/mol. The van der Waals surface area contributed by atoms with Gasteiger partial charge in [0.05, 0.1) is 0 Å². The molecule has 1 saturated heterocycles. The highest BCUT2D eigenvalue weighted by molar-refractivity contribution is 7.15. The number of aromatic nitrogens is 3. The molecule has 3 heterocycles. The van der Waals surface area contributed by atoms with Crippen LogP contribution < -0.4 is 14.8 Å². The van der Waals surface area contributed by atoms with Crippen molar-refractivity contribution >= 4 is 28.3 Å². The Hall–Kier alpha value is -4.25. The standard InChI is InChI=1S/C26H25N5O5S/c1-4-31-10-9-22(25(31)33)36-21-12-18(23(32)28-26-27-14-15(2)37-26)11-20(13-21)35-19-7-5-17(6-8-19)24-30-29-16(3)34-24/h5-8,11-14,22H,4,9-10H2,1-3H3,(H,27,28,32)/t22-/m0/s1. The van der Waals surface area contributed by atoms with Gasteiger partial charge < -0.3 is 18.8 Å². The fourth-order valence-corrected chi connectivity index (χ4v) is 4.58. The molecule has 11 heteroatoms. The first kappa shape index (κ1) is 24.4. The van der Waals surface area contributed by atoms with E-state index in [0.717, 1.165) is 10.4 Å². The van der Waals surface area contributed by atoms with Gasteiger partial charge in [-0.25, -0.2) is 4.98 Å². The van der Waals surface area contributed by atoms with Gasteiger partial charge in [-0.15, -0.1) is 21.5 Å². The second-order valence-corrected chi connectivity index (χ2v) is 9.72. The maximum absolute atomic E-state index is 13.0. The van der Waals surface area contributed by atoms with E-state index in [-0.39, 0.29) is 11.8 Å². The van der Waals surface area contributed by atoms with Crippen LogP contribution in [0.5, 0.6) is 17.2 Å². The van der Waals surface area contributed by atoms with E-state index < -0.39 is 6.10 Å². The molecule has 0 radical (unpaired) electrons. The van der Waals surface area contributed by atoms with Gasteiger partial charge in [-0.05, 0) is 50.2 Å². The minimum atomic E-state index is -0.607. The molecule has 1 atom stereocenters. The summed E-state index contributed by atoms with van der Waals surface area (Å²) in [6, 6.07) is 12.0. The number of rotatable bonds is 8. The van der Waals surface area contributed by atoms with E-state index in [1.54, 1.807) is 60.5 Å². The number of nitrogens with zero attached hydrogens (tertiary/aromatic N) is 4. The van der Waals surface area contributed by atoms with E-state index in [2.05, 4.69) is 20.5 Å². The first-order chi connectivity index (χ1) is 17.9. The summed E-state index contributed by atoms with van der Waals surface area (Å²) < 4.78 is 17.6. The number of benzene rings is 2. The number of amides is 2. The third-order valence-corrected chi connectivity index (χ3v) is 6.58. The Balaban J connectivity index is 1.39. The third-order valence-electron chi connectivity index (χ3n) is 5.76. The summed E-state index contributed by atoms with van der Waals surface area (Å²) in [5, 5.41) is 11.2. The number of hydrogen-bond acceptors (Lipinski definition) is 9. The zero-order chi connectivity index (χ0) is 25.9. The van der Waals surface area contributed by atoms with Crippen LogP contribution in [0.25, 0.3) is 11.5 Å². The van der Waals surface area contributed by atoms with E-state index >= 15 is 0 Å². The zero-order valence-electron chi connectivity index (χ0n) is 20.6. The first-order valence-electron chi connectivity index (χ1n) is 11.8. The highest BCUT2D eigenvalue weighted by atomic mass is 32.1. The third kappa shape index (κ3) is 5.61. The topological polar surface area (TPSA) is 120 Å². The molecule has 4 aromatic rings. The molecule has 0 saturated carbocycles. The number of hydrogen-bond donors (Lipinski definition) is 1. The number of aryl methyl sites for hydroxylation is 2. The van der Waals surface area contributed by atoms with Gasteiger partial charge in [-0.2, -0.15) is 0 Å². The second-order valence-electron chi connectivity index (χ2n) is 8.49. The van der Waals surface area contributed by atoms with Crippen molar-refractivity contribution in [3.8, 4) is 28.7 Å². The van der Waals surface area contributed by atoms with Gasteiger partial charge in [0.1, 0.15) is 17.2 Å². The summed E-state index contributed by atoms with van der Waals surface area (Å²) in [6.07, 6.45) is 1.66. The molecule has 0 unspecified atom stereocenters. The molecule has 2 aromatic heterocycles. The van der Waals surface area contributed by atoms with Crippen molar-refractivity contribution in [2.24, 2.45) is 0 Å². The van der Waals surface area contributed by atoms with Crippen molar-refractivity contribution in [2.75, 3.05) is 18.4 Å². The number of thiazole rings is 1. The number of anilines is 1. The summed E-state index contributed by atoms with van der Waals surface area (Å²) in [7, 11) is 0. The minimum absolute atomic E-state index is 0.0649. The number of carbonyl (C=O) groups excluding carboxylic acids is 2. The number of nitrogens with one attached hydrogen (secondary N) is 1. The number of likely N-dealkylation sites (tertiary alicyclic amines) is 1. The fraction of sp³-hybridized carbons (Fsp3) is 0.269. The van der Waals surface area contributed by atoms with Crippen molar-refractivity contribution in [3.63, 3.8) is 0 Å². The summed E-state index contributed by atoms with van der Waals surface area (Å²) in [4.78, 5) is 32.5. The molecule has 0 spiro atoms. The Morgan fingerprint density at radius 1 is 1.14 bits per heavy atom. The van der Waals surface area contributed by atoms with E-state index in [0.29, 0.717) is 59.2 Å². The largest absolute Gasteiger partial charge is 0.480 e. The molecule has 2 amide bonds. The SMILES string of the molecule is CCN1CC[C@H](Oc2cc(Oc3ccc(-c4nnc(C)o4)cc3)cc(C(=O)Nc3ncc(C)s3)c2)C1=O. The van der Waals surface area contributed by atoms with Crippen LogP contribution in [0.1, 0.15) is 34.5 Å². The molecule has 190 valence electrons. The average molecular weight is 520 g/mol. The van der Waals surface area contributed by atoms with Gasteiger partial charge in [-0.1, -0.05) is 0 Å². The molecule has 1 N–H and O–H groups in total. The molecular formula is C26H25N5O5S. The van der Waals surface area contributed by atoms with E-state index in [4.69, 9.17) is 13.9 Å². The van der Waals surface area contributed by atoms with Crippen LogP contribution in [0.4, 0.5) is 5.13 Å². The molecule has 1 aliphatic heterocycles. The van der Waals surface area contributed by atoms with Crippen LogP contribution in [0.3, 0.4) is 0 Å². The Bertz CT molecular complexity index is 1430. The average Bonchev–Trinajstić information content (AvgIpc) is 3.60. The summed E-state index contributed by atoms with van der Waals surface area (Å²) in [5.41, 5.74) is 1.07. The lowest BCUT2D eigenvalue weighted by Gasteiger charge is -2.16. The van der Waals surface area contributed by atoms with Gasteiger partial charge in [0.15, 0.2) is 11.2 Å². The van der Waals surface area contributed by atoms with Crippen molar-refractivity contribution in [3.05, 3.63) is 65.0 Å². The molecule has 0 aliphatic carbocycles. The van der Waals surface area contributed by atoms with Crippen LogP contribution in [-0.2, 0) is 4.79 Å². The van der Waals surface area contributed by atoms with E-state index in [1.165, 1.54) is 11.3 Å². The summed E-state index contributed by atoms with van der Waals surface area (Å²) in [5.74, 6) is 1.76. The van der Waals surface area contributed by atoms with Crippen LogP contribution in [0.2, 0.25) is 0 Å². The quantitative estimate of drug-likeness (QED) is 0.351. The molecule has 37 heavy (non-hydrogen) atoms. The normalized spacial score (nSPS) is 15.2. The molecule has 1 fully saturated rings. The van der Waals surface area contributed by atoms with Gasteiger partial charge in [-0.3, -0.25) is 14.9 Å². The van der Waals surface area contributed by atoms with Crippen LogP contribution in [0.15, 0.2) is 53.1 Å². The first-order valence-corrected chi connectivity index (χ1v) is 12.6. The Morgan fingerprint density at radius 2 is 1.92 bits per heavy atom. The maximum Gasteiger partial charge on any atom is 0.263 e.